The molecule has 12 heavy (non-hydrogen) atoms. The van der Waals surface area contributed by atoms with Crippen LogP contribution in [0.15, 0.2) is 60.6 Å². The molecule has 0 N–H and O–H groups in total. The van der Waals surface area contributed by atoms with Crippen molar-refractivity contribution in [2.45, 2.75) is 6.92 Å². The summed E-state index contributed by atoms with van der Waals surface area (Å²) >= 11 is 0. The van der Waals surface area contributed by atoms with Gasteiger partial charge in [-0.1, -0.05) is 25.3 Å². The first-order valence-electron chi connectivity index (χ1n) is 3.82. The van der Waals surface area contributed by atoms with Gasteiger partial charge in [0.2, 0.25) is 0 Å². The summed E-state index contributed by atoms with van der Waals surface area (Å²) in [5, 5.41) is 0. The second-order valence-electron chi connectivity index (χ2n) is 2.43. The SMILES string of the molecule is C=CC1=C(/C=C\C)OC(=C)C=C1. The van der Waals surface area contributed by atoms with Gasteiger partial charge in [0.05, 0.1) is 0 Å². The fourth-order valence-corrected chi connectivity index (χ4v) is 0.949. The Hall–Kier alpha value is -1.50. The molecule has 0 aromatic carbocycles. The number of hydrogen-bond acceptors (Lipinski definition) is 1. The Bertz CT molecular complexity index is 290. The summed E-state index contributed by atoms with van der Waals surface area (Å²) in [6.07, 6.45) is 9.34. The lowest BCUT2D eigenvalue weighted by Crippen LogP contribution is -1.95. The molecule has 1 aliphatic rings. The topological polar surface area (TPSA) is 9.23 Å². The van der Waals surface area contributed by atoms with E-state index < -0.39 is 0 Å². The number of hydrogen-bond donors (Lipinski definition) is 0. The van der Waals surface area contributed by atoms with Crippen LogP contribution < -0.4 is 0 Å². The molecule has 0 unspecified atom stereocenters. The van der Waals surface area contributed by atoms with E-state index in [1.54, 1.807) is 6.08 Å². The Morgan fingerprint density at radius 2 is 2.17 bits per heavy atom. The maximum Gasteiger partial charge on any atom is 0.134 e. The van der Waals surface area contributed by atoms with E-state index >= 15 is 0 Å². The van der Waals surface area contributed by atoms with Gasteiger partial charge in [-0.15, -0.1) is 0 Å². The molecule has 1 heteroatoms. The fourth-order valence-electron chi connectivity index (χ4n) is 0.949. The van der Waals surface area contributed by atoms with Crippen molar-refractivity contribution in [3.63, 3.8) is 0 Å². The molecule has 0 atom stereocenters. The molecule has 0 saturated carbocycles. The quantitative estimate of drug-likeness (QED) is 0.603. The van der Waals surface area contributed by atoms with Crippen LogP contribution >= 0.6 is 0 Å². The van der Waals surface area contributed by atoms with Crippen molar-refractivity contribution >= 4 is 0 Å². The van der Waals surface area contributed by atoms with Gasteiger partial charge in [0, 0.05) is 5.57 Å². The third kappa shape index (κ3) is 1.76. The monoisotopic (exact) mass is 160 g/mol. The molecule has 0 radical (unpaired) electrons. The van der Waals surface area contributed by atoms with Crippen LogP contribution in [0.1, 0.15) is 6.92 Å². The van der Waals surface area contributed by atoms with Crippen molar-refractivity contribution in [2.75, 3.05) is 0 Å². The second kappa shape index (κ2) is 3.77. The van der Waals surface area contributed by atoms with Gasteiger partial charge in [0.25, 0.3) is 0 Å². The van der Waals surface area contributed by atoms with Crippen LogP contribution in [0.5, 0.6) is 0 Å². The molecule has 0 aromatic heterocycles. The average Bonchev–Trinajstić information content (AvgIpc) is 2.05. The van der Waals surface area contributed by atoms with Gasteiger partial charge >= 0.3 is 0 Å². The summed E-state index contributed by atoms with van der Waals surface area (Å²) < 4.78 is 5.37. The van der Waals surface area contributed by atoms with Gasteiger partial charge < -0.3 is 4.74 Å². The Labute approximate surface area is 73.0 Å². The molecule has 1 aliphatic heterocycles. The molecule has 1 rings (SSSR count). The highest BCUT2D eigenvalue weighted by Gasteiger charge is 2.05. The molecule has 0 aromatic rings. The minimum atomic E-state index is 0.661. The van der Waals surface area contributed by atoms with E-state index in [4.69, 9.17) is 4.74 Å². The van der Waals surface area contributed by atoms with Gasteiger partial charge in [0.15, 0.2) is 0 Å². The predicted octanol–water partition coefficient (Wildman–Crippen LogP) is 3.10. The second-order valence-corrected chi connectivity index (χ2v) is 2.43. The van der Waals surface area contributed by atoms with E-state index in [1.165, 1.54) is 0 Å². The van der Waals surface area contributed by atoms with Crippen molar-refractivity contribution in [1.82, 2.24) is 0 Å². The van der Waals surface area contributed by atoms with Crippen LogP contribution in [0.4, 0.5) is 0 Å². The van der Waals surface area contributed by atoms with E-state index in [2.05, 4.69) is 13.2 Å². The third-order valence-corrected chi connectivity index (χ3v) is 1.51. The highest BCUT2D eigenvalue weighted by Crippen LogP contribution is 2.20. The number of ether oxygens (including phenoxy) is 1. The Balaban J connectivity index is 3.01. The van der Waals surface area contributed by atoms with Crippen LogP contribution in [-0.2, 0) is 4.74 Å². The first-order chi connectivity index (χ1) is 5.77. The standard InChI is InChI=1S/C11H12O/c1-4-6-11-10(5-2)8-7-9(3)12-11/h4-8H,2-3H2,1H3/b6-4-. The van der Waals surface area contributed by atoms with Gasteiger partial charge in [-0.3, -0.25) is 0 Å². The van der Waals surface area contributed by atoms with Crippen molar-refractivity contribution < 1.29 is 4.74 Å². The lowest BCUT2D eigenvalue weighted by atomic mass is 10.1. The first-order valence-corrected chi connectivity index (χ1v) is 3.82. The van der Waals surface area contributed by atoms with E-state index in [0.29, 0.717) is 5.76 Å². The van der Waals surface area contributed by atoms with Gasteiger partial charge in [-0.05, 0) is 25.2 Å². The normalized spacial score (nSPS) is 16.9. The molecule has 0 amide bonds. The Morgan fingerprint density at radius 3 is 2.75 bits per heavy atom. The van der Waals surface area contributed by atoms with Crippen molar-refractivity contribution in [1.29, 1.82) is 0 Å². The van der Waals surface area contributed by atoms with Crippen LogP contribution in [0.2, 0.25) is 0 Å². The highest BCUT2D eigenvalue weighted by atomic mass is 16.5. The van der Waals surface area contributed by atoms with E-state index in [9.17, 15) is 0 Å². The summed E-state index contributed by atoms with van der Waals surface area (Å²) in [4.78, 5) is 0. The lowest BCUT2D eigenvalue weighted by molar-refractivity contribution is 0.331. The minimum Gasteiger partial charge on any atom is -0.457 e. The maximum atomic E-state index is 5.37. The summed E-state index contributed by atoms with van der Waals surface area (Å²) in [7, 11) is 0. The van der Waals surface area contributed by atoms with E-state index in [-0.39, 0.29) is 0 Å². The zero-order chi connectivity index (χ0) is 8.97. The Morgan fingerprint density at radius 1 is 1.42 bits per heavy atom. The van der Waals surface area contributed by atoms with Crippen LogP contribution in [0.3, 0.4) is 0 Å². The number of allylic oxidation sites excluding steroid dienone is 6. The summed E-state index contributed by atoms with van der Waals surface area (Å²) in [5.74, 6) is 1.47. The molecule has 0 saturated heterocycles. The highest BCUT2D eigenvalue weighted by molar-refractivity contribution is 5.42. The van der Waals surface area contributed by atoms with Crippen molar-refractivity contribution in [3.8, 4) is 0 Å². The zero-order valence-electron chi connectivity index (χ0n) is 7.21. The predicted molar refractivity (Wildman–Crippen MR) is 51.4 cm³/mol. The van der Waals surface area contributed by atoms with Crippen molar-refractivity contribution in [3.05, 3.63) is 60.6 Å². The lowest BCUT2D eigenvalue weighted by Gasteiger charge is -2.12. The smallest absolute Gasteiger partial charge is 0.134 e. The number of rotatable bonds is 2. The molecule has 62 valence electrons. The van der Waals surface area contributed by atoms with E-state index in [1.807, 2.05) is 31.2 Å². The summed E-state index contributed by atoms with van der Waals surface area (Å²) in [6, 6.07) is 0. The van der Waals surface area contributed by atoms with Crippen molar-refractivity contribution in [2.24, 2.45) is 0 Å². The molecular weight excluding hydrogens is 148 g/mol. The van der Waals surface area contributed by atoms with Gasteiger partial charge in [-0.25, -0.2) is 0 Å². The molecule has 0 fully saturated rings. The molecule has 0 bridgehead atoms. The molecule has 0 spiro atoms. The first kappa shape index (κ1) is 8.60. The van der Waals surface area contributed by atoms with Crippen LogP contribution in [0, 0.1) is 0 Å². The fraction of sp³-hybridized carbons (Fsp3) is 0.0909. The van der Waals surface area contributed by atoms with Gasteiger partial charge in [0.1, 0.15) is 11.5 Å². The zero-order valence-corrected chi connectivity index (χ0v) is 7.21. The third-order valence-electron chi connectivity index (χ3n) is 1.51. The molecule has 1 nitrogen and oxygen atoms in total. The Kier molecular flexibility index (Phi) is 2.70. The summed E-state index contributed by atoms with van der Waals surface area (Å²) in [5.41, 5.74) is 0.987. The summed E-state index contributed by atoms with van der Waals surface area (Å²) in [6.45, 7) is 9.34. The molecular formula is C11H12O. The van der Waals surface area contributed by atoms with Gasteiger partial charge in [-0.2, -0.15) is 0 Å². The molecule has 1 heterocycles. The minimum absolute atomic E-state index is 0.661. The van der Waals surface area contributed by atoms with E-state index in [0.717, 1.165) is 11.3 Å². The molecule has 0 aliphatic carbocycles. The largest absolute Gasteiger partial charge is 0.457 e. The average molecular weight is 160 g/mol. The maximum absolute atomic E-state index is 5.37. The van der Waals surface area contributed by atoms with Crippen LogP contribution in [-0.4, -0.2) is 0 Å². The van der Waals surface area contributed by atoms with Crippen LogP contribution in [0.25, 0.3) is 0 Å².